The van der Waals surface area contributed by atoms with Crippen LogP contribution < -0.4 is 14.4 Å². The first kappa shape index (κ1) is 26.1. The molecule has 0 unspecified atom stereocenters. The Kier molecular flexibility index (Phi) is 7.74. The number of halogens is 3. The molecule has 1 amide bonds. The smallest absolute Gasteiger partial charge is 0.406 e. The molecule has 0 saturated heterocycles. The van der Waals surface area contributed by atoms with E-state index in [0.29, 0.717) is 16.9 Å². The zero-order valence-corrected chi connectivity index (χ0v) is 20.2. The highest BCUT2D eigenvalue weighted by atomic mass is 32.2. The van der Waals surface area contributed by atoms with E-state index in [-0.39, 0.29) is 17.9 Å². The lowest BCUT2D eigenvalue weighted by molar-refractivity contribution is -0.274. The molecule has 1 N–H and O–H groups in total. The number of amides is 1. The standard InChI is InChI=1S/C25H25F3N2O4S/c1-4-35(32,33)30(22-13-8-17(2)18(3)14-22)16-19-9-11-21(12-10-19)29-24(31)20-6-5-7-23(15-20)34-25(26,27)28/h5-15H,4,16H2,1-3H3,(H,29,31). The van der Waals surface area contributed by atoms with Crippen molar-refractivity contribution in [2.45, 2.75) is 33.7 Å². The molecule has 0 aliphatic rings. The van der Waals surface area contributed by atoms with E-state index >= 15 is 0 Å². The third kappa shape index (κ3) is 6.98. The summed E-state index contributed by atoms with van der Waals surface area (Å²) >= 11 is 0. The van der Waals surface area contributed by atoms with Crippen molar-refractivity contribution in [3.63, 3.8) is 0 Å². The quantitative estimate of drug-likeness (QED) is 0.418. The summed E-state index contributed by atoms with van der Waals surface area (Å²) in [5, 5.41) is 2.61. The summed E-state index contributed by atoms with van der Waals surface area (Å²) in [7, 11) is -3.55. The Bertz CT molecular complexity index is 1310. The van der Waals surface area contributed by atoms with Crippen LogP contribution in [-0.2, 0) is 16.6 Å². The fourth-order valence-corrected chi connectivity index (χ4v) is 4.38. The molecule has 0 aromatic heterocycles. The predicted octanol–water partition coefficient (Wildman–Crippen LogP) is 5.81. The molecule has 35 heavy (non-hydrogen) atoms. The van der Waals surface area contributed by atoms with E-state index in [2.05, 4.69) is 10.1 Å². The number of nitrogens with one attached hydrogen (secondary N) is 1. The zero-order valence-electron chi connectivity index (χ0n) is 19.4. The van der Waals surface area contributed by atoms with Gasteiger partial charge in [-0.1, -0.05) is 24.3 Å². The van der Waals surface area contributed by atoms with Gasteiger partial charge in [-0.25, -0.2) is 8.42 Å². The van der Waals surface area contributed by atoms with Gasteiger partial charge in [0, 0.05) is 11.3 Å². The van der Waals surface area contributed by atoms with Crippen molar-refractivity contribution < 1.29 is 31.1 Å². The summed E-state index contributed by atoms with van der Waals surface area (Å²) < 4.78 is 68.0. The molecule has 0 spiro atoms. The van der Waals surface area contributed by atoms with E-state index in [0.717, 1.165) is 23.3 Å². The van der Waals surface area contributed by atoms with Crippen LogP contribution in [0, 0.1) is 13.8 Å². The van der Waals surface area contributed by atoms with Crippen molar-refractivity contribution in [3.05, 3.63) is 89.0 Å². The number of alkyl halides is 3. The number of ether oxygens (including phenoxy) is 1. The highest BCUT2D eigenvalue weighted by Crippen LogP contribution is 2.26. The van der Waals surface area contributed by atoms with Gasteiger partial charge in [0.05, 0.1) is 18.0 Å². The Morgan fingerprint density at radius 3 is 2.26 bits per heavy atom. The van der Waals surface area contributed by atoms with Gasteiger partial charge in [0.2, 0.25) is 10.0 Å². The van der Waals surface area contributed by atoms with E-state index in [9.17, 15) is 26.4 Å². The van der Waals surface area contributed by atoms with Gasteiger partial charge in [0.25, 0.3) is 5.91 Å². The number of nitrogens with zero attached hydrogens (tertiary/aromatic N) is 1. The van der Waals surface area contributed by atoms with E-state index in [4.69, 9.17) is 0 Å². The van der Waals surface area contributed by atoms with Crippen LogP contribution in [0.2, 0.25) is 0 Å². The van der Waals surface area contributed by atoms with E-state index in [1.165, 1.54) is 16.4 Å². The lowest BCUT2D eigenvalue weighted by Gasteiger charge is -2.25. The van der Waals surface area contributed by atoms with Gasteiger partial charge in [-0.2, -0.15) is 0 Å². The minimum atomic E-state index is -4.86. The summed E-state index contributed by atoms with van der Waals surface area (Å²) in [6, 6.07) is 16.8. The minimum Gasteiger partial charge on any atom is -0.406 e. The molecule has 0 radical (unpaired) electrons. The fourth-order valence-electron chi connectivity index (χ4n) is 3.28. The maximum absolute atomic E-state index is 12.8. The Morgan fingerprint density at radius 2 is 1.66 bits per heavy atom. The van der Waals surface area contributed by atoms with Gasteiger partial charge >= 0.3 is 6.36 Å². The fraction of sp³-hybridized carbons (Fsp3) is 0.240. The van der Waals surface area contributed by atoms with Crippen molar-refractivity contribution >= 4 is 27.3 Å². The highest BCUT2D eigenvalue weighted by molar-refractivity contribution is 7.92. The summed E-state index contributed by atoms with van der Waals surface area (Å²) in [6.45, 7) is 5.54. The highest BCUT2D eigenvalue weighted by Gasteiger charge is 2.31. The number of carbonyl (C=O) groups excluding carboxylic acids is 1. The molecule has 3 aromatic rings. The molecule has 0 aliphatic heterocycles. The second kappa shape index (κ2) is 10.4. The Hall–Kier alpha value is -3.53. The number of benzene rings is 3. The van der Waals surface area contributed by atoms with E-state index < -0.39 is 28.0 Å². The van der Waals surface area contributed by atoms with Gasteiger partial charge in [-0.05, 0) is 79.9 Å². The first-order valence-electron chi connectivity index (χ1n) is 10.7. The number of carbonyl (C=O) groups is 1. The van der Waals surface area contributed by atoms with E-state index in [1.54, 1.807) is 37.3 Å². The van der Waals surface area contributed by atoms with Crippen molar-refractivity contribution in [1.82, 2.24) is 0 Å². The lowest BCUT2D eigenvalue weighted by atomic mass is 10.1. The molecule has 0 saturated carbocycles. The molecule has 0 heterocycles. The van der Waals surface area contributed by atoms with Crippen LogP contribution in [0.1, 0.15) is 34.0 Å². The zero-order chi connectivity index (χ0) is 25.8. The van der Waals surface area contributed by atoms with Crippen molar-refractivity contribution in [2.24, 2.45) is 0 Å². The summed E-state index contributed by atoms with van der Waals surface area (Å²) in [5.41, 5.74) is 3.68. The monoisotopic (exact) mass is 506 g/mol. The minimum absolute atomic E-state index is 0.00854. The molecule has 10 heteroatoms. The van der Waals surface area contributed by atoms with Crippen LogP contribution >= 0.6 is 0 Å². The third-order valence-corrected chi connectivity index (χ3v) is 7.09. The van der Waals surface area contributed by atoms with E-state index in [1.807, 2.05) is 26.0 Å². The SMILES string of the molecule is CCS(=O)(=O)N(Cc1ccc(NC(=O)c2cccc(OC(F)(F)F)c2)cc1)c1ccc(C)c(C)c1. The van der Waals surface area contributed by atoms with Gasteiger partial charge in [-0.15, -0.1) is 13.2 Å². The first-order chi connectivity index (χ1) is 16.4. The van der Waals surface area contributed by atoms with Gasteiger partial charge in [0.15, 0.2) is 0 Å². The molecule has 0 fully saturated rings. The van der Waals surface area contributed by atoms with Gasteiger partial charge < -0.3 is 10.1 Å². The number of rotatable bonds is 8. The van der Waals surface area contributed by atoms with Crippen molar-refractivity contribution in [1.29, 1.82) is 0 Å². The lowest BCUT2D eigenvalue weighted by Crippen LogP contribution is -2.32. The number of sulfonamides is 1. The Balaban J connectivity index is 1.76. The predicted molar refractivity (Wildman–Crippen MR) is 129 cm³/mol. The van der Waals surface area contributed by atoms with Crippen LogP contribution in [0.5, 0.6) is 5.75 Å². The molecule has 3 aromatic carbocycles. The van der Waals surface area contributed by atoms with Crippen LogP contribution in [0.4, 0.5) is 24.5 Å². The van der Waals surface area contributed by atoms with Crippen LogP contribution in [0.25, 0.3) is 0 Å². The number of hydrogen-bond donors (Lipinski definition) is 1. The van der Waals surface area contributed by atoms with Crippen molar-refractivity contribution in [3.8, 4) is 5.75 Å². The normalized spacial score (nSPS) is 11.7. The van der Waals surface area contributed by atoms with Crippen LogP contribution in [-0.4, -0.2) is 26.4 Å². The Morgan fingerprint density at radius 1 is 0.971 bits per heavy atom. The average molecular weight is 507 g/mol. The maximum Gasteiger partial charge on any atom is 0.573 e. The molecule has 3 rings (SSSR count). The second-order valence-corrected chi connectivity index (χ2v) is 10.1. The summed E-state index contributed by atoms with van der Waals surface area (Å²) in [6.07, 6.45) is -4.86. The second-order valence-electron chi connectivity index (χ2n) is 7.90. The third-order valence-electron chi connectivity index (χ3n) is 5.35. The molecule has 0 aliphatic carbocycles. The summed E-state index contributed by atoms with van der Waals surface area (Å²) in [4.78, 5) is 12.5. The number of hydrogen-bond acceptors (Lipinski definition) is 4. The molecule has 186 valence electrons. The molecule has 6 nitrogen and oxygen atoms in total. The number of anilines is 2. The largest absolute Gasteiger partial charge is 0.573 e. The topological polar surface area (TPSA) is 75.7 Å². The maximum atomic E-state index is 12.8. The van der Waals surface area contributed by atoms with Crippen LogP contribution in [0.15, 0.2) is 66.7 Å². The van der Waals surface area contributed by atoms with Gasteiger partial charge in [-0.3, -0.25) is 9.10 Å². The summed E-state index contributed by atoms with van der Waals surface area (Å²) in [5.74, 6) is -1.18. The molecule has 0 bridgehead atoms. The van der Waals surface area contributed by atoms with Crippen LogP contribution in [0.3, 0.4) is 0 Å². The molecular weight excluding hydrogens is 481 g/mol. The first-order valence-corrected chi connectivity index (χ1v) is 12.3. The Labute approximate surface area is 202 Å². The molecular formula is C25H25F3N2O4S. The molecule has 0 atom stereocenters. The average Bonchev–Trinajstić information content (AvgIpc) is 2.79. The number of aryl methyl sites for hydroxylation is 2. The van der Waals surface area contributed by atoms with Gasteiger partial charge in [0.1, 0.15) is 5.75 Å². The van der Waals surface area contributed by atoms with Crippen molar-refractivity contribution in [2.75, 3.05) is 15.4 Å².